The summed E-state index contributed by atoms with van der Waals surface area (Å²) < 4.78 is 36.2. The van der Waals surface area contributed by atoms with E-state index in [1.807, 2.05) is 0 Å². The summed E-state index contributed by atoms with van der Waals surface area (Å²) in [6.45, 7) is 0. The minimum absolute atomic E-state index is 0.0154. The van der Waals surface area contributed by atoms with E-state index in [0.717, 1.165) is 30.5 Å². The van der Waals surface area contributed by atoms with Crippen molar-refractivity contribution in [3.05, 3.63) is 86.8 Å². The van der Waals surface area contributed by atoms with Crippen molar-refractivity contribution in [2.24, 2.45) is 0 Å². The second-order valence-electron chi connectivity index (χ2n) is 7.47. The molecule has 2 N–H and O–H groups in total. The summed E-state index contributed by atoms with van der Waals surface area (Å²) in [6, 6.07) is 8.48. The molecule has 1 atom stereocenters. The van der Waals surface area contributed by atoms with E-state index in [1.165, 1.54) is 24.1 Å². The van der Waals surface area contributed by atoms with Crippen molar-refractivity contribution in [3.8, 4) is 22.6 Å². The van der Waals surface area contributed by atoms with Gasteiger partial charge in [0.2, 0.25) is 0 Å². The molecule has 2 aromatic heterocycles. The highest BCUT2D eigenvalue weighted by Crippen LogP contribution is 2.35. The van der Waals surface area contributed by atoms with E-state index < -0.39 is 35.1 Å². The molecule has 14 heteroatoms. The second-order valence-corrected chi connectivity index (χ2v) is 8.30. The van der Waals surface area contributed by atoms with E-state index >= 15 is 4.39 Å². The molecule has 0 aliphatic heterocycles. The number of nitrogens with zero attached hydrogens (tertiary/aromatic N) is 4. The van der Waals surface area contributed by atoms with E-state index in [0.29, 0.717) is 20.8 Å². The average Bonchev–Trinajstić information content (AvgIpc) is 3.29. The van der Waals surface area contributed by atoms with Crippen molar-refractivity contribution in [2.75, 3.05) is 12.4 Å². The molecule has 0 saturated heterocycles. The number of hydrogen-bond donors (Lipinski definition) is 2. The zero-order valence-electron chi connectivity index (χ0n) is 18.7. The third-order valence-corrected chi connectivity index (χ3v) is 5.56. The van der Waals surface area contributed by atoms with Gasteiger partial charge in [-0.2, -0.15) is 0 Å². The fraction of sp³-hybridized carbons (Fsp3) is 0.0870. The Morgan fingerprint density at radius 1 is 1.11 bits per heavy atom. The molecule has 4 rings (SSSR count). The summed E-state index contributed by atoms with van der Waals surface area (Å²) in [4.78, 5) is 36.3. The first kappa shape index (κ1) is 25.8. The number of rotatable bonds is 7. The number of pyridine rings is 1. The molecule has 190 valence electrons. The van der Waals surface area contributed by atoms with Gasteiger partial charge in [-0.15, -0.1) is 5.10 Å². The maximum absolute atomic E-state index is 15.1. The monoisotopic (exact) mass is 549 g/mol. The fourth-order valence-corrected chi connectivity index (χ4v) is 3.76. The number of methoxy groups -OCH3 is 1. The van der Waals surface area contributed by atoms with Crippen LogP contribution in [-0.4, -0.2) is 43.7 Å². The molecule has 10 nitrogen and oxygen atoms in total. The van der Waals surface area contributed by atoms with Gasteiger partial charge in [-0.25, -0.2) is 18.3 Å². The Hall–Kier alpha value is -4.29. The van der Waals surface area contributed by atoms with Crippen LogP contribution in [0.1, 0.15) is 16.7 Å². The Bertz CT molecular complexity index is 1590. The van der Waals surface area contributed by atoms with Gasteiger partial charge in [0.05, 0.1) is 30.8 Å². The number of halogens is 4. The van der Waals surface area contributed by atoms with Gasteiger partial charge in [-0.1, -0.05) is 28.4 Å². The van der Waals surface area contributed by atoms with Gasteiger partial charge < -0.3 is 15.2 Å². The normalized spacial score (nSPS) is 11.7. The number of alkyl halides is 1. The molecular weight excluding hydrogens is 535 g/mol. The van der Waals surface area contributed by atoms with Crippen LogP contribution in [0.3, 0.4) is 0 Å². The summed E-state index contributed by atoms with van der Waals surface area (Å²) in [7, 11) is 1.28. The number of carboxylic acids is 1. The minimum atomic E-state index is -2.54. The van der Waals surface area contributed by atoms with Gasteiger partial charge in [-0.05, 0) is 36.4 Å². The number of carbonyl (C=O) groups excluding carboxylic acids is 1. The lowest BCUT2D eigenvalue weighted by molar-refractivity contribution is -0.123. The number of nitrogens with one attached hydrogen (secondary N) is 1. The Morgan fingerprint density at radius 2 is 1.86 bits per heavy atom. The molecule has 1 unspecified atom stereocenters. The largest absolute Gasteiger partial charge is 0.495 e. The first-order valence-electron chi connectivity index (χ1n) is 10.2. The lowest BCUT2D eigenvalue weighted by Crippen LogP contribution is -2.30. The number of anilines is 1. The van der Waals surface area contributed by atoms with Crippen LogP contribution < -0.4 is 15.6 Å². The Labute approximate surface area is 216 Å². The van der Waals surface area contributed by atoms with Gasteiger partial charge in [0.25, 0.3) is 17.8 Å². The number of aromatic carboxylic acids is 1. The van der Waals surface area contributed by atoms with E-state index in [2.05, 4.69) is 15.6 Å². The minimum Gasteiger partial charge on any atom is -0.495 e. The lowest BCUT2D eigenvalue weighted by atomic mass is 10.0. The van der Waals surface area contributed by atoms with Gasteiger partial charge in [-0.3, -0.25) is 14.2 Å². The van der Waals surface area contributed by atoms with Crippen molar-refractivity contribution < 1.29 is 28.2 Å². The molecule has 0 radical (unpaired) electrons. The summed E-state index contributed by atoms with van der Waals surface area (Å²) >= 11 is 12.0. The van der Waals surface area contributed by atoms with Crippen LogP contribution in [0, 0.1) is 5.82 Å². The molecule has 0 fully saturated rings. The van der Waals surface area contributed by atoms with E-state index in [4.69, 9.17) is 33.0 Å². The van der Waals surface area contributed by atoms with Crippen molar-refractivity contribution in [2.45, 2.75) is 6.30 Å². The summed E-state index contributed by atoms with van der Waals surface area (Å²) in [5, 5.41) is 19.1. The molecule has 37 heavy (non-hydrogen) atoms. The van der Waals surface area contributed by atoms with E-state index in [9.17, 15) is 18.8 Å². The lowest BCUT2D eigenvalue weighted by Gasteiger charge is -2.17. The number of ether oxygens (including phenoxy) is 1. The van der Waals surface area contributed by atoms with Crippen LogP contribution in [0.5, 0.6) is 5.75 Å². The highest BCUT2D eigenvalue weighted by molar-refractivity contribution is 6.31. The van der Waals surface area contributed by atoms with Crippen LogP contribution in [0.4, 0.5) is 14.5 Å². The maximum atomic E-state index is 15.1. The molecule has 0 aliphatic carbocycles. The molecule has 2 aromatic carbocycles. The van der Waals surface area contributed by atoms with Crippen molar-refractivity contribution in [1.29, 1.82) is 0 Å². The predicted molar refractivity (Wildman–Crippen MR) is 130 cm³/mol. The summed E-state index contributed by atoms with van der Waals surface area (Å²) in [5.74, 6) is -3.93. The number of aromatic nitrogens is 4. The van der Waals surface area contributed by atoms with Crippen molar-refractivity contribution >= 4 is 40.8 Å². The number of carbonyl (C=O) groups is 2. The molecule has 2 heterocycles. The fourth-order valence-electron chi connectivity index (χ4n) is 3.46. The molecule has 0 bridgehead atoms. The number of benzene rings is 2. The predicted octanol–water partition coefficient (Wildman–Crippen LogP) is 4.36. The van der Waals surface area contributed by atoms with Gasteiger partial charge in [0.1, 0.15) is 11.6 Å². The summed E-state index contributed by atoms with van der Waals surface area (Å²) in [6.07, 6.45) is -0.115. The van der Waals surface area contributed by atoms with Crippen LogP contribution in [0.15, 0.2) is 59.7 Å². The number of hydrogen-bond acceptors (Lipinski definition) is 6. The van der Waals surface area contributed by atoms with Gasteiger partial charge >= 0.3 is 5.97 Å². The second kappa shape index (κ2) is 10.4. The van der Waals surface area contributed by atoms with E-state index in [1.54, 1.807) is 12.1 Å². The molecule has 1 amide bonds. The third-order valence-electron chi connectivity index (χ3n) is 5.15. The first-order chi connectivity index (χ1) is 17.6. The summed E-state index contributed by atoms with van der Waals surface area (Å²) in [5.41, 5.74) is -0.716. The topological polar surface area (TPSA) is 128 Å². The Balaban J connectivity index is 1.70. The van der Waals surface area contributed by atoms with E-state index in [-0.39, 0.29) is 22.2 Å². The first-order valence-corrected chi connectivity index (χ1v) is 11.0. The van der Waals surface area contributed by atoms with Crippen LogP contribution in [0.25, 0.3) is 16.8 Å². The third kappa shape index (κ3) is 5.29. The van der Waals surface area contributed by atoms with Crippen molar-refractivity contribution in [1.82, 2.24) is 19.6 Å². The van der Waals surface area contributed by atoms with Crippen LogP contribution in [0.2, 0.25) is 10.2 Å². The Kier molecular flexibility index (Phi) is 7.23. The quantitative estimate of drug-likeness (QED) is 0.350. The van der Waals surface area contributed by atoms with Gasteiger partial charge in [0.15, 0.2) is 5.15 Å². The zero-order chi connectivity index (χ0) is 26.9. The standard InChI is InChI=1S/C23H15Cl2F2N5O5/c1-37-18-9-31(21(27)22(34)28-12-3-4-13(23(35)36)16(26)7-12)20(33)8-15(18)14-6-11(24)2-5-17(14)32-10-19(25)29-30-32/h2-10,21H,1H3,(H,28,34)(H,35,36). The molecule has 0 saturated carbocycles. The van der Waals surface area contributed by atoms with Gasteiger partial charge in [0, 0.05) is 27.9 Å². The number of carboxylic acid groups (broad SMARTS) is 1. The highest BCUT2D eigenvalue weighted by atomic mass is 35.5. The molecule has 0 spiro atoms. The maximum Gasteiger partial charge on any atom is 0.338 e. The molecule has 0 aliphatic rings. The zero-order valence-corrected chi connectivity index (χ0v) is 20.2. The van der Waals surface area contributed by atoms with Crippen LogP contribution >= 0.6 is 23.2 Å². The molecule has 4 aromatic rings. The number of amides is 1. The SMILES string of the molecule is COc1cn(C(F)C(=O)Nc2ccc(C(=O)O)c(F)c2)c(=O)cc1-c1cc(Cl)ccc1-n1cc(Cl)nn1. The highest BCUT2D eigenvalue weighted by Gasteiger charge is 2.24. The van der Waals surface area contributed by atoms with Crippen molar-refractivity contribution in [3.63, 3.8) is 0 Å². The Morgan fingerprint density at radius 3 is 2.49 bits per heavy atom. The molecular formula is C23H15Cl2F2N5O5. The van der Waals surface area contributed by atoms with Crippen LogP contribution in [-0.2, 0) is 4.79 Å². The smallest absolute Gasteiger partial charge is 0.338 e. The average molecular weight is 550 g/mol.